The first-order valence-corrected chi connectivity index (χ1v) is 11.6. The van der Waals surface area contributed by atoms with Gasteiger partial charge in [0.2, 0.25) is 0 Å². The van der Waals surface area contributed by atoms with Gasteiger partial charge in [-0.15, -0.1) is 0 Å². The van der Waals surface area contributed by atoms with Gasteiger partial charge in [-0.25, -0.2) is 13.2 Å². The summed E-state index contributed by atoms with van der Waals surface area (Å²) in [6.07, 6.45) is 0.486. The second-order valence-corrected chi connectivity index (χ2v) is 10.3. The average Bonchev–Trinajstić information content (AvgIpc) is 2.92. The molecule has 2 rings (SSSR count). The number of carbonyl (C=O) groups excluding carboxylic acids is 1. The number of rotatable bonds is 7. The minimum Gasteiger partial charge on any atom is -0.319 e. The first-order valence-electron chi connectivity index (χ1n) is 9.38. The number of hydrogen-bond donors (Lipinski definition) is 1. The van der Waals surface area contributed by atoms with Gasteiger partial charge in [0.15, 0.2) is 9.84 Å². The van der Waals surface area contributed by atoms with E-state index in [0.29, 0.717) is 42.3 Å². The molecule has 0 spiro atoms. The van der Waals surface area contributed by atoms with Crippen LogP contribution in [0.4, 0.5) is 10.5 Å². The summed E-state index contributed by atoms with van der Waals surface area (Å²) in [4.78, 5) is 16.9. The highest BCUT2D eigenvalue weighted by atomic mass is 35.5. The van der Waals surface area contributed by atoms with Crippen molar-refractivity contribution in [3.05, 3.63) is 29.3 Å². The van der Waals surface area contributed by atoms with Gasteiger partial charge in [-0.3, -0.25) is 4.90 Å². The lowest BCUT2D eigenvalue weighted by Gasteiger charge is -2.35. The highest BCUT2D eigenvalue weighted by molar-refractivity contribution is 7.91. The zero-order valence-electron chi connectivity index (χ0n) is 16.5. The summed E-state index contributed by atoms with van der Waals surface area (Å²) in [6, 6.07) is 7.02. The van der Waals surface area contributed by atoms with Crippen molar-refractivity contribution in [2.24, 2.45) is 0 Å². The molecule has 1 heterocycles. The van der Waals surface area contributed by atoms with E-state index >= 15 is 0 Å². The van der Waals surface area contributed by atoms with Crippen molar-refractivity contribution in [1.29, 1.82) is 0 Å². The molecule has 0 aromatic heterocycles. The van der Waals surface area contributed by atoms with E-state index in [1.807, 2.05) is 0 Å². The largest absolute Gasteiger partial charge is 0.322 e. The maximum atomic E-state index is 12.9. The van der Waals surface area contributed by atoms with Gasteiger partial charge in [-0.2, -0.15) is 0 Å². The van der Waals surface area contributed by atoms with Gasteiger partial charge < -0.3 is 10.2 Å². The summed E-state index contributed by atoms with van der Waals surface area (Å²) in [5.74, 6) is 0.171. The van der Waals surface area contributed by atoms with Gasteiger partial charge in [0.25, 0.3) is 0 Å². The lowest BCUT2D eigenvalue weighted by Crippen LogP contribution is -2.49. The monoisotopic (exact) mass is 415 g/mol. The summed E-state index contributed by atoms with van der Waals surface area (Å²) in [7, 11) is -3.08. The molecule has 8 heteroatoms. The van der Waals surface area contributed by atoms with E-state index in [0.717, 1.165) is 0 Å². The van der Waals surface area contributed by atoms with Crippen LogP contribution in [0.1, 0.15) is 34.1 Å². The van der Waals surface area contributed by atoms with Crippen LogP contribution < -0.4 is 5.32 Å². The van der Waals surface area contributed by atoms with Crippen molar-refractivity contribution in [2.75, 3.05) is 29.9 Å². The molecule has 1 N–H and O–H groups in total. The molecule has 1 saturated heterocycles. The third-order valence-corrected chi connectivity index (χ3v) is 6.93. The van der Waals surface area contributed by atoms with Gasteiger partial charge in [0.1, 0.15) is 0 Å². The molecule has 1 aromatic rings. The third kappa shape index (κ3) is 6.36. The van der Waals surface area contributed by atoms with Crippen LogP contribution in [0.5, 0.6) is 0 Å². The molecule has 1 aromatic carbocycles. The van der Waals surface area contributed by atoms with Crippen molar-refractivity contribution < 1.29 is 13.2 Å². The second kappa shape index (κ2) is 9.26. The summed E-state index contributed by atoms with van der Waals surface area (Å²) in [5, 5.41) is 3.46. The Labute approximate surface area is 167 Å². The SMILES string of the molecule is CC(C)N(CCN(C(=O)Nc1ccc(Cl)cc1)C1CCS(=O)(=O)C1)C(C)C. The molecule has 0 aliphatic carbocycles. The molecule has 152 valence electrons. The molecule has 2 amide bonds. The van der Waals surface area contributed by atoms with Gasteiger partial charge >= 0.3 is 6.03 Å². The van der Waals surface area contributed by atoms with Crippen molar-refractivity contribution in [2.45, 2.75) is 52.2 Å². The molecule has 1 unspecified atom stereocenters. The summed E-state index contributed by atoms with van der Waals surface area (Å²) < 4.78 is 23.9. The minimum absolute atomic E-state index is 0.0321. The van der Waals surface area contributed by atoms with E-state index in [1.54, 1.807) is 29.2 Å². The fourth-order valence-corrected chi connectivity index (χ4v) is 5.39. The Hall–Kier alpha value is -1.31. The van der Waals surface area contributed by atoms with Crippen molar-refractivity contribution in [3.8, 4) is 0 Å². The Morgan fingerprint density at radius 1 is 1.15 bits per heavy atom. The zero-order valence-corrected chi connectivity index (χ0v) is 18.1. The van der Waals surface area contributed by atoms with Crippen LogP contribution in [0.2, 0.25) is 5.02 Å². The van der Waals surface area contributed by atoms with Gasteiger partial charge in [0, 0.05) is 41.9 Å². The normalized spacial score (nSPS) is 19.0. The predicted molar refractivity (Wildman–Crippen MR) is 111 cm³/mol. The van der Waals surface area contributed by atoms with E-state index in [4.69, 9.17) is 11.6 Å². The maximum absolute atomic E-state index is 12.9. The molecule has 6 nitrogen and oxygen atoms in total. The number of nitrogens with zero attached hydrogens (tertiary/aromatic N) is 2. The number of nitrogens with one attached hydrogen (secondary N) is 1. The zero-order chi connectivity index (χ0) is 20.2. The van der Waals surface area contributed by atoms with E-state index in [2.05, 4.69) is 37.9 Å². The number of sulfone groups is 1. The second-order valence-electron chi connectivity index (χ2n) is 7.61. The Morgan fingerprint density at radius 3 is 2.22 bits per heavy atom. The number of halogens is 1. The van der Waals surface area contributed by atoms with Crippen LogP contribution in [-0.4, -0.2) is 67.0 Å². The summed E-state index contributed by atoms with van der Waals surface area (Å²) in [5.41, 5.74) is 0.639. The Kier molecular flexibility index (Phi) is 7.54. The van der Waals surface area contributed by atoms with E-state index in [9.17, 15) is 13.2 Å². The predicted octanol–water partition coefficient (Wildman–Crippen LogP) is 3.48. The Morgan fingerprint density at radius 2 is 1.74 bits per heavy atom. The Bertz CT molecular complexity index is 727. The lowest BCUT2D eigenvalue weighted by atomic mass is 10.2. The molecular formula is C19H30ClN3O3S. The maximum Gasteiger partial charge on any atom is 0.322 e. The molecule has 0 saturated carbocycles. The topological polar surface area (TPSA) is 69.7 Å². The van der Waals surface area contributed by atoms with Gasteiger partial charge in [-0.05, 0) is 58.4 Å². The molecule has 1 aliphatic heterocycles. The summed E-state index contributed by atoms with van der Waals surface area (Å²) in [6.45, 7) is 9.67. The van der Waals surface area contributed by atoms with E-state index in [1.165, 1.54) is 0 Å². The number of hydrogen-bond acceptors (Lipinski definition) is 4. The van der Waals surface area contributed by atoms with Crippen LogP contribution in [0.25, 0.3) is 0 Å². The van der Waals surface area contributed by atoms with Gasteiger partial charge in [-0.1, -0.05) is 11.6 Å². The van der Waals surface area contributed by atoms with Crippen LogP contribution >= 0.6 is 11.6 Å². The minimum atomic E-state index is -3.08. The van der Waals surface area contributed by atoms with Gasteiger partial charge in [0.05, 0.1) is 11.5 Å². The van der Waals surface area contributed by atoms with Crippen molar-refractivity contribution >= 4 is 33.2 Å². The molecule has 0 bridgehead atoms. The molecule has 27 heavy (non-hydrogen) atoms. The number of amides is 2. The van der Waals surface area contributed by atoms with Crippen LogP contribution in [-0.2, 0) is 9.84 Å². The van der Waals surface area contributed by atoms with Crippen LogP contribution in [0, 0.1) is 0 Å². The highest BCUT2D eigenvalue weighted by Gasteiger charge is 2.35. The average molecular weight is 416 g/mol. The molecule has 1 aliphatic rings. The molecule has 1 atom stereocenters. The Balaban J connectivity index is 2.13. The van der Waals surface area contributed by atoms with E-state index < -0.39 is 9.84 Å². The van der Waals surface area contributed by atoms with E-state index in [-0.39, 0.29) is 23.6 Å². The summed E-state index contributed by atoms with van der Waals surface area (Å²) >= 11 is 5.89. The molecular weight excluding hydrogens is 386 g/mol. The highest BCUT2D eigenvalue weighted by Crippen LogP contribution is 2.20. The number of carbonyl (C=O) groups is 1. The lowest BCUT2D eigenvalue weighted by molar-refractivity contribution is 0.138. The third-order valence-electron chi connectivity index (χ3n) is 4.93. The molecule has 1 fully saturated rings. The number of benzene rings is 1. The fourth-order valence-electron chi connectivity index (χ4n) is 3.54. The first-order chi connectivity index (χ1) is 12.6. The smallest absolute Gasteiger partial charge is 0.319 e. The van der Waals surface area contributed by atoms with Crippen LogP contribution in [0.15, 0.2) is 24.3 Å². The first kappa shape index (κ1) is 22.0. The molecule has 0 radical (unpaired) electrons. The quantitative estimate of drug-likeness (QED) is 0.740. The van der Waals surface area contributed by atoms with Crippen molar-refractivity contribution in [3.63, 3.8) is 0 Å². The number of urea groups is 1. The fraction of sp³-hybridized carbons (Fsp3) is 0.632. The van der Waals surface area contributed by atoms with Crippen LogP contribution in [0.3, 0.4) is 0 Å². The van der Waals surface area contributed by atoms with Crippen molar-refractivity contribution in [1.82, 2.24) is 9.80 Å². The number of anilines is 1. The standard InChI is InChI=1S/C19H30ClN3O3S/c1-14(2)22(15(3)4)10-11-23(18-9-12-27(25,26)13-18)19(24)21-17-7-5-16(20)6-8-17/h5-8,14-15,18H,9-13H2,1-4H3,(H,21,24).